The number of benzene rings is 2. The summed E-state index contributed by atoms with van der Waals surface area (Å²) in [6.45, 7) is 0. The van der Waals surface area contributed by atoms with E-state index in [9.17, 15) is 5.11 Å². The van der Waals surface area contributed by atoms with Gasteiger partial charge in [0.2, 0.25) is 0 Å². The van der Waals surface area contributed by atoms with Crippen molar-refractivity contribution in [1.29, 1.82) is 0 Å². The zero-order valence-corrected chi connectivity index (χ0v) is 10.2. The van der Waals surface area contributed by atoms with Crippen LogP contribution in [0.25, 0.3) is 0 Å². The Hall–Kier alpha value is -2.13. The molecule has 18 heavy (non-hydrogen) atoms. The number of aliphatic hydroxyl groups excluding tert-OH is 1. The van der Waals surface area contributed by atoms with Crippen LogP contribution in [-0.2, 0) is 4.84 Å². The standard InChI is InChI=1S/C15H15NO2/c1-18-16-14(12-8-4-2-5-9-12)15(17)13-10-6-3-7-11-13/h2-11,15,17H,1H3/b16-14-. The van der Waals surface area contributed by atoms with Crippen LogP contribution < -0.4 is 0 Å². The van der Waals surface area contributed by atoms with E-state index in [2.05, 4.69) is 5.16 Å². The van der Waals surface area contributed by atoms with Crippen LogP contribution >= 0.6 is 0 Å². The Labute approximate surface area is 106 Å². The fraction of sp³-hybridized carbons (Fsp3) is 0.133. The first kappa shape index (κ1) is 12.3. The molecule has 1 N–H and O–H groups in total. The topological polar surface area (TPSA) is 41.8 Å². The van der Waals surface area contributed by atoms with Gasteiger partial charge in [-0.2, -0.15) is 0 Å². The molecule has 0 fully saturated rings. The van der Waals surface area contributed by atoms with Crippen molar-refractivity contribution in [2.45, 2.75) is 6.10 Å². The molecule has 0 spiro atoms. The average Bonchev–Trinajstić information content (AvgIpc) is 2.46. The van der Waals surface area contributed by atoms with Gasteiger partial charge in [-0.1, -0.05) is 65.8 Å². The van der Waals surface area contributed by atoms with E-state index in [1.54, 1.807) is 0 Å². The van der Waals surface area contributed by atoms with E-state index in [0.717, 1.165) is 11.1 Å². The summed E-state index contributed by atoms with van der Waals surface area (Å²) in [4.78, 5) is 4.83. The lowest BCUT2D eigenvalue weighted by molar-refractivity contribution is 0.196. The normalized spacial score (nSPS) is 13.1. The molecule has 0 aliphatic carbocycles. The minimum atomic E-state index is -0.798. The third-order valence-electron chi connectivity index (χ3n) is 2.63. The molecule has 0 saturated carbocycles. The van der Waals surface area contributed by atoms with Crippen LogP contribution in [0.5, 0.6) is 0 Å². The molecule has 2 aromatic rings. The summed E-state index contributed by atoms with van der Waals surface area (Å²) >= 11 is 0. The Morgan fingerprint density at radius 3 is 2.11 bits per heavy atom. The monoisotopic (exact) mass is 241 g/mol. The third kappa shape index (κ3) is 2.76. The predicted octanol–water partition coefficient (Wildman–Crippen LogP) is 2.77. The Bertz CT molecular complexity index is 509. The van der Waals surface area contributed by atoms with Crippen molar-refractivity contribution in [3.63, 3.8) is 0 Å². The van der Waals surface area contributed by atoms with Gasteiger partial charge in [0.15, 0.2) is 0 Å². The van der Waals surface area contributed by atoms with Gasteiger partial charge in [-0.25, -0.2) is 0 Å². The van der Waals surface area contributed by atoms with E-state index in [-0.39, 0.29) is 0 Å². The van der Waals surface area contributed by atoms with Crippen LogP contribution in [0.3, 0.4) is 0 Å². The van der Waals surface area contributed by atoms with Crippen molar-refractivity contribution in [3.8, 4) is 0 Å². The fourth-order valence-electron chi connectivity index (χ4n) is 1.76. The minimum absolute atomic E-state index is 0.504. The summed E-state index contributed by atoms with van der Waals surface area (Å²) < 4.78 is 0. The van der Waals surface area contributed by atoms with Crippen molar-refractivity contribution in [2.75, 3.05) is 7.11 Å². The Kier molecular flexibility index (Phi) is 4.10. The van der Waals surface area contributed by atoms with Gasteiger partial charge < -0.3 is 9.94 Å². The fourth-order valence-corrected chi connectivity index (χ4v) is 1.76. The molecule has 0 heterocycles. The molecule has 0 aliphatic heterocycles. The Balaban J connectivity index is 2.35. The maximum atomic E-state index is 10.4. The van der Waals surface area contributed by atoms with Crippen molar-refractivity contribution < 1.29 is 9.94 Å². The summed E-state index contributed by atoms with van der Waals surface area (Å²) in [6.07, 6.45) is -0.798. The molecule has 0 amide bonds. The van der Waals surface area contributed by atoms with Crippen LogP contribution in [0.2, 0.25) is 0 Å². The quantitative estimate of drug-likeness (QED) is 0.660. The lowest BCUT2D eigenvalue weighted by Gasteiger charge is -2.13. The summed E-state index contributed by atoms with van der Waals surface area (Å²) in [7, 11) is 1.47. The first-order chi connectivity index (χ1) is 8.83. The molecule has 1 unspecified atom stereocenters. The molecule has 2 aromatic carbocycles. The molecular weight excluding hydrogens is 226 g/mol. The zero-order valence-electron chi connectivity index (χ0n) is 10.2. The van der Waals surface area contributed by atoms with Crippen LogP contribution in [0, 0.1) is 0 Å². The maximum Gasteiger partial charge on any atom is 0.125 e. The van der Waals surface area contributed by atoms with E-state index in [1.807, 2.05) is 60.7 Å². The van der Waals surface area contributed by atoms with E-state index in [1.165, 1.54) is 7.11 Å². The molecule has 3 nitrogen and oxygen atoms in total. The SMILES string of the molecule is CO/N=C(/c1ccccc1)C(O)c1ccccc1. The van der Waals surface area contributed by atoms with E-state index >= 15 is 0 Å². The zero-order chi connectivity index (χ0) is 12.8. The summed E-state index contributed by atoms with van der Waals surface area (Å²) in [5, 5.41) is 14.3. The molecule has 0 radical (unpaired) electrons. The number of nitrogens with zero attached hydrogens (tertiary/aromatic N) is 1. The third-order valence-corrected chi connectivity index (χ3v) is 2.63. The van der Waals surface area contributed by atoms with Gasteiger partial charge >= 0.3 is 0 Å². The highest BCUT2D eigenvalue weighted by Gasteiger charge is 2.17. The van der Waals surface area contributed by atoms with E-state index in [0.29, 0.717) is 5.71 Å². The molecule has 0 aromatic heterocycles. The van der Waals surface area contributed by atoms with Gasteiger partial charge in [-0.3, -0.25) is 0 Å². The second kappa shape index (κ2) is 5.98. The lowest BCUT2D eigenvalue weighted by atomic mass is 9.99. The second-order valence-corrected chi connectivity index (χ2v) is 3.84. The number of hydrogen-bond acceptors (Lipinski definition) is 3. The van der Waals surface area contributed by atoms with Crippen molar-refractivity contribution in [3.05, 3.63) is 71.8 Å². The molecular formula is C15H15NO2. The maximum absolute atomic E-state index is 10.4. The van der Waals surface area contributed by atoms with Gasteiger partial charge in [0.1, 0.15) is 18.9 Å². The van der Waals surface area contributed by atoms with Crippen LogP contribution in [0.4, 0.5) is 0 Å². The molecule has 92 valence electrons. The lowest BCUT2D eigenvalue weighted by Crippen LogP contribution is -2.14. The Morgan fingerprint density at radius 1 is 1.00 bits per heavy atom. The largest absolute Gasteiger partial charge is 0.399 e. The van der Waals surface area contributed by atoms with E-state index in [4.69, 9.17) is 4.84 Å². The summed E-state index contributed by atoms with van der Waals surface area (Å²) in [6, 6.07) is 18.9. The van der Waals surface area contributed by atoms with Crippen LogP contribution in [0.1, 0.15) is 17.2 Å². The average molecular weight is 241 g/mol. The van der Waals surface area contributed by atoms with Gasteiger partial charge in [0.05, 0.1) is 0 Å². The highest BCUT2D eigenvalue weighted by Crippen LogP contribution is 2.19. The van der Waals surface area contributed by atoms with Gasteiger partial charge in [0.25, 0.3) is 0 Å². The molecule has 0 saturated heterocycles. The highest BCUT2D eigenvalue weighted by molar-refractivity contribution is 6.03. The molecule has 3 heteroatoms. The van der Waals surface area contributed by atoms with Gasteiger partial charge in [-0.15, -0.1) is 0 Å². The predicted molar refractivity (Wildman–Crippen MR) is 71.4 cm³/mol. The van der Waals surface area contributed by atoms with Crippen LogP contribution in [0.15, 0.2) is 65.8 Å². The second-order valence-electron chi connectivity index (χ2n) is 3.84. The van der Waals surface area contributed by atoms with Crippen molar-refractivity contribution >= 4 is 5.71 Å². The minimum Gasteiger partial charge on any atom is -0.399 e. The van der Waals surface area contributed by atoms with Crippen molar-refractivity contribution in [2.24, 2.45) is 5.16 Å². The molecule has 1 atom stereocenters. The summed E-state index contributed by atoms with van der Waals surface area (Å²) in [5.41, 5.74) is 2.14. The smallest absolute Gasteiger partial charge is 0.125 e. The van der Waals surface area contributed by atoms with Crippen molar-refractivity contribution in [1.82, 2.24) is 0 Å². The number of rotatable bonds is 4. The molecule has 0 bridgehead atoms. The number of aliphatic hydroxyl groups is 1. The molecule has 0 aliphatic rings. The van der Waals surface area contributed by atoms with E-state index < -0.39 is 6.10 Å². The first-order valence-electron chi connectivity index (χ1n) is 5.72. The highest BCUT2D eigenvalue weighted by atomic mass is 16.6. The summed E-state index contributed by atoms with van der Waals surface area (Å²) in [5.74, 6) is 0. The molecule has 2 rings (SSSR count). The first-order valence-corrected chi connectivity index (χ1v) is 5.72. The van der Waals surface area contributed by atoms with Gasteiger partial charge in [-0.05, 0) is 5.56 Å². The number of oxime groups is 1. The number of hydrogen-bond donors (Lipinski definition) is 1. The Morgan fingerprint density at radius 2 is 1.56 bits per heavy atom. The van der Waals surface area contributed by atoms with Gasteiger partial charge in [0, 0.05) is 5.56 Å². The van der Waals surface area contributed by atoms with Crippen LogP contribution in [-0.4, -0.2) is 17.9 Å².